The third-order valence-corrected chi connectivity index (χ3v) is 4.88. The van der Waals surface area contributed by atoms with Crippen molar-refractivity contribution in [2.24, 2.45) is 5.92 Å². The van der Waals surface area contributed by atoms with Crippen LogP contribution in [0.25, 0.3) is 0 Å². The third-order valence-electron chi connectivity index (χ3n) is 4.63. The number of rotatable bonds is 5. The standard InChI is InChI=1S/C19H21ClN2O2/c20-16-8-6-14(7-9-16)18(12-17-5-1-2-10-21-17)22-11-3-4-15(13-22)19(23)24/h1-2,5-10,15,18H,3-4,11-13H2,(H,23,24). The van der Waals surface area contributed by atoms with Crippen molar-refractivity contribution in [3.05, 3.63) is 64.9 Å². The quantitative estimate of drug-likeness (QED) is 0.896. The van der Waals surface area contributed by atoms with Crippen LogP contribution in [0.5, 0.6) is 0 Å². The Morgan fingerprint density at radius 1 is 1.29 bits per heavy atom. The number of aromatic nitrogens is 1. The normalized spacial score (nSPS) is 19.8. The highest BCUT2D eigenvalue weighted by atomic mass is 35.5. The highest BCUT2D eigenvalue weighted by Crippen LogP contribution is 2.30. The maximum absolute atomic E-state index is 11.4. The Morgan fingerprint density at radius 2 is 2.08 bits per heavy atom. The van der Waals surface area contributed by atoms with E-state index in [1.54, 1.807) is 6.20 Å². The molecule has 2 unspecified atom stereocenters. The summed E-state index contributed by atoms with van der Waals surface area (Å²) in [5.74, 6) is -0.996. The second kappa shape index (κ2) is 7.77. The topological polar surface area (TPSA) is 53.4 Å². The minimum atomic E-state index is -0.701. The fourth-order valence-electron chi connectivity index (χ4n) is 3.35. The number of aliphatic carboxylic acids is 1. The summed E-state index contributed by atoms with van der Waals surface area (Å²) in [7, 11) is 0. The summed E-state index contributed by atoms with van der Waals surface area (Å²) in [5.41, 5.74) is 2.16. The van der Waals surface area contributed by atoms with Crippen LogP contribution in [0.2, 0.25) is 5.02 Å². The van der Waals surface area contributed by atoms with Crippen molar-refractivity contribution in [1.82, 2.24) is 9.88 Å². The molecule has 24 heavy (non-hydrogen) atoms. The predicted octanol–water partition coefficient (Wildman–Crippen LogP) is 3.82. The van der Waals surface area contributed by atoms with E-state index in [9.17, 15) is 9.90 Å². The molecule has 126 valence electrons. The molecule has 5 heteroatoms. The number of likely N-dealkylation sites (tertiary alicyclic amines) is 1. The van der Waals surface area contributed by atoms with Crippen LogP contribution in [-0.4, -0.2) is 34.0 Å². The molecule has 4 nitrogen and oxygen atoms in total. The number of carbonyl (C=O) groups is 1. The van der Waals surface area contributed by atoms with Gasteiger partial charge in [-0.05, 0) is 49.2 Å². The Kier molecular flexibility index (Phi) is 5.48. The number of halogens is 1. The van der Waals surface area contributed by atoms with Crippen molar-refractivity contribution in [1.29, 1.82) is 0 Å². The number of pyridine rings is 1. The molecule has 1 fully saturated rings. The summed E-state index contributed by atoms with van der Waals surface area (Å²) in [4.78, 5) is 18.1. The van der Waals surface area contributed by atoms with Gasteiger partial charge in [0.2, 0.25) is 0 Å². The van der Waals surface area contributed by atoms with E-state index in [1.165, 1.54) is 0 Å². The van der Waals surface area contributed by atoms with E-state index >= 15 is 0 Å². The molecule has 1 saturated heterocycles. The van der Waals surface area contributed by atoms with Gasteiger partial charge >= 0.3 is 5.97 Å². The lowest BCUT2D eigenvalue weighted by atomic mass is 9.93. The van der Waals surface area contributed by atoms with E-state index in [0.29, 0.717) is 11.6 Å². The van der Waals surface area contributed by atoms with Crippen molar-refractivity contribution >= 4 is 17.6 Å². The summed E-state index contributed by atoms with van der Waals surface area (Å²) in [6.07, 6.45) is 4.21. The lowest BCUT2D eigenvalue weighted by molar-refractivity contribution is -0.144. The predicted molar refractivity (Wildman–Crippen MR) is 94.1 cm³/mol. The molecular weight excluding hydrogens is 324 g/mol. The first-order chi connectivity index (χ1) is 11.6. The summed E-state index contributed by atoms with van der Waals surface area (Å²) >= 11 is 6.02. The van der Waals surface area contributed by atoms with E-state index < -0.39 is 5.97 Å². The zero-order chi connectivity index (χ0) is 16.9. The van der Waals surface area contributed by atoms with Crippen molar-refractivity contribution in [2.75, 3.05) is 13.1 Å². The molecule has 0 saturated carbocycles. The molecule has 1 aromatic carbocycles. The average molecular weight is 345 g/mol. The SMILES string of the molecule is O=C(O)C1CCCN(C(Cc2ccccn2)c2ccc(Cl)cc2)C1. The summed E-state index contributed by atoms with van der Waals surface area (Å²) < 4.78 is 0. The smallest absolute Gasteiger partial charge is 0.307 e. The molecule has 0 aliphatic carbocycles. The van der Waals surface area contributed by atoms with Gasteiger partial charge in [0, 0.05) is 35.9 Å². The molecule has 2 heterocycles. The number of carboxylic acids is 1. The van der Waals surface area contributed by atoms with Crippen molar-refractivity contribution in [2.45, 2.75) is 25.3 Å². The van der Waals surface area contributed by atoms with Crippen molar-refractivity contribution in [3.63, 3.8) is 0 Å². The molecule has 1 N–H and O–H groups in total. The van der Waals surface area contributed by atoms with Crippen LogP contribution in [0.1, 0.15) is 30.1 Å². The van der Waals surface area contributed by atoms with Gasteiger partial charge in [-0.3, -0.25) is 14.7 Å². The maximum Gasteiger partial charge on any atom is 0.307 e. The molecule has 0 radical (unpaired) electrons. The van der Waals surface area contributed by atoms with Gasteiger partial charge in [-0.2, -0.15) is 0 Å². The highest BCUT2D eigenvalue weighted by molar-refractivity contribution is 6.30. The average Bonchev–Trinajstić information content (AvgIpc) is 2.61. The fourth-order valence-corrected chi connectivity index (χ4v) is 3.48. The van der Waals surface area contributed by atoms with E-state index in [2.05, 4.69) is 9.88 Å². The van der Waals surface area contributed by atoms with Gasteiger partial charge in [-0.25, -0.2) is 0 Å². The van der Waals surface area contributed by atoms with E-state index in [4.69, 9.17) is 11.6 Å². The van der Waals surface area contributed by atoms with Gasteiger partial charge in [0.1, 0.15) is 0 Å². The molecule has 0 amide bonds. The summed E-state index contributed by atoms with van der Waals surface area (Å²) in [6, 6.07) is 13.9. The molecule has 2 aromatic rings. The number of hydrogen-bond acceptors (Lipinski definition) is 3. The Hall–Kier alpha value is -1.91. The number of carboxylic acid groups (broad SMARTS) is 1. The Morgan fingerprint density at radius 3 is 2.75 bits per heavy atom. The zero-order valence-corrected chi connectivity index (χ0v) is 14.2. The van der Waals surface area contributed by atoms with E-state index in [1.807, 2.05) is 42.5 Å². The van der Waals surface area contributed by atoms with Gasteiger partial charge in [0.05, 0.1) is 5.92 Å². The van der Waals surface area contributed by atoms with Crippen molar-refractivity contribution in [3.8, 4) is 0 Å². The third kappa shape index (κ3) is 4.13. The minimum Gasteiger partial charge on any atom is -0.481 e. The van der Waals surface area contributed by atoms with E-state index in [-0.39, 0.29) is 12.0 Å². The second-order valence-electron chi connectivity index (χ2n) is 6.26. The van der Waals surface area contributed by atoms with Crippen LogP contribution in [0.4, 0.5) is 0 Å². The summed E-state index contributed by atoms with van der Waals surface area (Å²) in [6.45, 7) is 1.49. The summed E-state index contributed by atoms with van der Waals surface area (Å²) in [5, 5.41) is 10.1. The van der Waals surface area contributed by atoms with Gasteiger partial charge < -0.3 is 5.11 Å². The van der Waals surface area contributed by atoms with Crippen LogP contribution in [0.3, 0.4) is 0 Å². The molecule has 1 aliphatic rings. The molecule has 1 aromatic heterocycles. The number of piperidine rings is 1. The lowest BCUT2D eigenvalue weighted by Crippen LogP contribution is -2.41. The molecule has 0 spiro atoms. The molecule has 2 atom stereocenters. The van der Waals surface area contributed by atoms with Crippen LogP contribution in [0, 0.1) is 5.92 Å². The van der Waals surface area contributed by atoms with Gasteiger partial charge in [0.25, 0.3) is 0 Å². The first kappa shape index (κ1) is 16.9. The Bertz CT molecular complexity index is 676. The number of nitrogens with zero attached hydrogens (tertiary/aromatic N) is 2. The molecule has 3 rings (SSSR count). The fraction of sp³-hybridized carbons (Fsp3) is 0.368. The second-order valence-corrected chi connectivity index (χ2v) is 6.70. The Labute approximate surface area is 147 Å². The van der Waals surface area contributed by atoms with E-state index in [0.717, 1.165) is 37.1 Å². The number of benzene rings is 1. The monoisotopic (exact) mass is 344 g/mol. The molecule has 0 bridgehead atoms. The Balaban J connectivity index is 1.86. The van der Waals surface area contributed by atoms with Crippen LogP contribution in [0.15, 0.2) is 48.7 Å². The van der Waals surface area contributed by atoms with Crippen LogP contribution < -0.4 is 0 Å². The van der Waals surface area contributed by atoms with Gasteiger partial charge in [-0.15, -0.1) is 0 Å². The van der Waals surface area contributed by atoms with Crippen molar-refractivity contribution < 1.29 is 9.90 Å². The van der Waals surface area contributed by atoms with Gasteiger partial charge in [-0.1, -0.05) is 29.8 Å². The first-order valence-corrected chi connectivity index (χ1v) is 8.63. The lowest BCUT2D eigenvalue weighted by Gasteiger charge is -2.37. The van der Waals surface area contributed by atoms with Gasteiger partial charge in [0.15, 0.2) is 0 Å². The van der Waals surface area contributed by atoms with Crippen LogP contribution >= 0.6 is 11.6 Å². The molecular formula is C19H21ClN2O2. The minimum absolute atomic E-state index is 0.110. The zero-order valence-electron chi connectivity index (χ0n) is 13.4. The number of hydrogen-bond donors (Lipinski definition) is 1. The maximum atomic E-state index is 11.4. The van der Waals surface area contributed by atoms with Crippen LogP contribution in [-0.2, 0) is 11.2 Å². The largest absolute Gasteiger partial charge is 0.481 e. The first-order valence-electron chi connectivity index (χ1n) is 8.25. The molecule has 1 aliphatic heterocycles. The highest BCUT2D eigenvalue weighted by Gasteiger charge is 2.30.